The molecule has 7 heteroatoms. The van der Waals surface area contributed by atoms with E-state index >= 15 is 0 Å². The topological polar surface area (TPSA) is 54.9 Å². The second-order valence-electron chi connectivity index (χ2n) is 7.04. The van der Waals surface area contributed by atoms with Crippen molar-refractivity contribution in [2.24, 2.45) is 0 Å². The first kappa shape index (κ1) is 20.4. The highest BCUT2D eigenvalue weighted by atomic mass is 32.1. The number of methoxy groups -OCH3 is 1. The SMILES string of the molecule is COc1ccccc1N(c1nc(-c2ccccc2)cs1)[C@@H](C)C(=O)N1CCOCC1. The van der Waals surface area contributed by atoms with Crippen LogP contribution in [0.25, 0.3) is 11.3 Å². The van der Waals surface area contributed by atoms with Crippen LogP contribution in [0.2, 0.25) is 0 Å². The Labute approximate surface area is 180 Å². The van der Waals surface area contributed by atoms with E-state index in [4.69, 9.17) is 14.5 Å². The van der Waals surface area contributed by atoms with Crippen molar-refractivity contribution in [1.29, 1.82) is 0 Å². The molecular formula is C23H25N3O3S. The van der Waals surface area contributed by atoms with Crippen LogP contribution in [0.5, 0.6) is 5.75 Å². The molecule has 1 amide bonds. The third kappa shape index (κ3) is 4.17. The van der Waals surface area contributed by atoms with Gasteiger partial charge in [-0.1, -0.05) is 42.5 Å². The van der Waals surface area contributed by atoms with E-state index in [1.165, 1.54) is 11.3 Å². The summed E-state index contributed by atoms with van der Waals surface area (Å²) in [6, 6.07) is 17.4. The monoisotopic (exact) mass is 423 g/mol. The Morgan fingerprint density at radius 1 is 1.13 bits per heavy atom. The van der Waals surface area contributed by atoms with Gasteiger partial charge >= 0.3 is 0 Å². The van der Waals surface area contributed by atoms with Gasteiger partial charge in [-0.05, 0) is 19.1 Å². The molecule has 0 unspecified atom stereocenters. The Balaban J connectivity index is 1.72. The lowest BCUT2D eigenvalue weighted by atomic mass is 10.2. The van der Waals surface area contributed by atoms with Crippen LogP contribution in [0.15, 0.2) is 60.0 Å². The molecule has 0 spiro atoms. The summed E-state index contributed by atoms with van der Waals surface area (Å²) in [5.74, 6) is 0.760. The zero-order valence-corrected chi connectivity index (χ0v) is 18.0. The van der Waals surface area contributed by atoms with Gasteiger partial charge in [-0.2, -0.15) is 0 Å². The van der Waals surface area contributed by atoms with Crippen LogP contribution < -0.4 is 9.64 Å². The minimum Gasteiger partial charge on any atom is -0.495 e. The molecule has 1 aromatic heterocycles. The van der Waals surface area contributed by atoms with Gasteiger partial charge in [0.15, 0.2) is 5.13 Å². The predicted octanol–water partition coefficient (Wildman–Crippen LogP) is 4.20. The molecule has 6 nitrogen and oxygen atoms in total. The fraction of sp³-hybridized carbons (Fsp3) is 0.304. The van der Waals surface area contributed by atoms with Gasteiger partial charge in [-0.15, -0.1) is 11.3 Å². The first-order chi connectivity index (χ1) is 14.7. The molecule has 0 bridgehead atoms. The molecule has 0 saturated carbocycles. The molecule has 0 radical (unpaired) electrons. The van der Waals surface area contributed by atoms with Crippen molar-refractivity contribution in [3.63, 3.8) is 0 Å². The summed E-state index contributed by atoms with van der Waals surface area (Å²) < 4.78 is 11.0. The summed E-state index contributed by atoms with van der Waals surface area (Å²) in [6.45, 7) is 4.28. The summed E-state index contributed by atoms with van der Waals surface area (Å²) in [4.78, 5) is 22.0. The molecule has 1 aliphatic heterocycles. The van der Waals surface area contributed by atoms with Gasteiger partial charge in [-0.3, -0.25) is 4.79 Å². The van der Waals surface area contributed by atoms with Crippen LogP contribution in [-0.2, 0) is 9.53 Å². The number of anilines is 2. The number of ether oxygens (including phenoxy) is 2. The lowest BCUT2D eigenvalue weighted by Crippen LogP contribution is -2.49. The van der Waals surface area contributed by atoms with Gasteiger partial charge in [0.1, 0.15) is 11.8 Å². The van der Waals surface area contributed by atoms with Crippen LogP contribution in [0.1, 0.15) is 6.92 Å². The van der Waals surface area contributed by atoms with E-state index < -0.39 is 6.04 Å². The highest BCUT2D eigenvalue weighted by molar-refractivity contribution is 7.14. The summed E-state index contributed by atoms with van der Waals surface area (Å²) in [6.07, 6.45) is 0. The third-order valence-electron chi connectivity index (χ3n) is 5.18. The molecule has 2 heterocycles. The third-order valence-corrected chi connectivity index (χ3v) is 6.02. The molecule has 30 heavy (non-hydrogen) atoms. The number of rotatable bonds is 6. The van der Waals surface area contributed by atoms with Crippen LogP contribution in [-0.4, -0.2) is 55.2 Å². The smallest absolute Gasteiger partial charge is 0.245 e. The lowest BCUT2D eigenvalue weighted by Gasteiger charge is -2.34. The number of amides is 1. The second kappa shape index (κ2) is 9.28. The van der Waals surface area contributed by atoms with E-state index in [2.05, 4.69) is 0 Å². The first-order valence-electron chi connectivity index (χ1n) is 9.99. The van der Waals surface area contributed by atoms with Crippen molar-refractivity contribution in [2.45, 2.75) is 13.0 Å². The number of hydrogen-bond acceptors (Lipinski definition) is 6. The number of para-hydroxylation sites is 2. The fourth-order valence-corrected chi connectivity index (χ4v) is 4.51. The van der Waals surface area contributed by atoms with E-state index in [0.29, 0.717) is 32.1 Å². The molecular weight excluding hydrogens is 398 g/mol. The zero-order valence-electron chi connectivity index (χ0n) is 17.2. The average molecular weight is 424 g/mol. The van der Waals surface area contributed by atoms with Crippen LogP contribution in [0.4, 0.5) is 10.8 Å². The number of hydrogen-bond donors (Lipinski definition) is 0. The van der Waals surface area contributed by atoms with Crippen molar-refractivity contribution in [1.82, 2.24) is 9.88 Å². The maximum absolute atomic E-state index is 13.3. The van der Waals surface area contributed by atoms with Gasteiger partial charge in [0.2, 0.25) is 5.91 Å². The lowest BCUT2D eigenvalue weighted by molar-refractivity contribution is -0.136. The Kier molecular flexibility index (Phi) is 6.30. The minimum atomic E-state index is -0.436. The molecule has 1 saturated heterocycles. The van der Waals surface area contributed by atoms with Gasteiger partial charge in [0.05, 0.1) is 31.7 Å². The fourth-order valence-electron chi connectivity index (χ4n) is 3.58. The molecule has 0 N–H and O–H groups in total. The molecule has 156 valence electrons. The summed E-state index contributed by atoms with van der Waals surface area (Å²) in [5, 5.41) is 2.78. The second-order valence-corrected chi connectivity index (χ2v) is 7.87. The molecule has 1 atom stereocenters. The van der Waals surface area contributed by atoms with E-state index in [9.17, 15) is 4.79 Å². The number of aromatic nitrogens is 1. The van der Waals surface area contributed by atoms with Crippen molar-refractivity contribution in [3.05, 3.63) is 60.0 Å². The number of thiazole rings is 1. The number of carbonyl (C=O) groups excluding carboxylic acids is 1. The van der Waals surface area contributed by atoms with Crippen LogP contribution in [0.3, 0.4) is 0 Å². The molecule has 1 aliphatic rings. The van der Waals surface area contributed by atoms with Crippen molar-refractivity contribution >= 4 is 28.1 Å². The van der Waals surface area contributed by atoms with E-state index in [1.807, 2.05) is 76.7 Å². The summed E-state index contributed by atoms with van der Waals surface area (Å²) in [7, 11) is 1.64. The average Bonchev–Trinajstić information content (AvgIpc) is 3.30. The molecule has 4 rings (SSSR count). The van der Waals surface area contributed by atoms with Crippen molar-refractivity contribution in [3.8, 4) is 17.0 Å². The number of carbonyl (C=O) groups is 1. The van der Waals surface area contributed by atoms with Crippen LogP contribution in [0, 0.1) is 0 Å². The summed E-state index contributed by atoms with van der Waals surface area (Å²) in [5.41, 5.74) is 2.76. The van der Waals surface area contributed by atoms with Gasteiger partial charge < -0.3 is 19.3 Å². The Morgan fingerprint density at radius 3 is 2.57 bits per heavy atom. The van der Waals surface area contributed by atoms with Gasteiger partial charge in [0, 0.05) is 24.0 Å². The van der Waals surface area contributed by atoms with Crippen LogP contribution >= 0.6 is 11.3 Å². The molecule has 0 aliphatic carbocycles. The Hall–Kier alpha value is -2.90. The van der Waals surface area contributed by atoms with E-state index in [-0.39, 0.29) is 5.91 Å². The van der Waals surface area contributed by atoms with E-state index in [1.54, 1.807) is 7.11 Å². The normalized spacial score (nSPS) is 14.9. The standard InChI is InChI=1S/C23H25N3O3S/c1-17(22(27)25-12-14-29-15-13-25)26(20-10-6-7-11-21(20)28-2)23-24-19(16-30-23)18-8-4-3-5-9-18/h3-11,16-17H,12-15H2,1-2H3/t17-/m0/s1. The number of benzene rings is 2. The van der Waals surface area contributed by atoms with Gasteiger partial charge in [-0.25, -0.2) is 4.98 Å². The maximum Gasteiger partial charge on any atom is 0.245 e. The maximum atomic E-state index is 13.3. The molecule has 3 aromatic rings. The quantitative estimate of drug-likeness (QED) is 0.595. The van der Waals surface area contributed by atoms with Gasteiger partial charge in [0.25, 0.3) is 0 Å². The Morgan fingerprint density at radius 2 is 1.83 bits per heavy atom. The zero-order chi connectivity index (χ0) is 20.9. The summed E-state index contributed by atoms with van der Waals surface area (Å²) >= 11 is 1.52. The number of morpholine rings is 1. The van der Waals surface area contributed by atoms with Crippen molar-refractivity contribution < 1.29 is 14.3 Å². The first-order valence-corrected chi connectivity index (χ1v) is 10.9. The highest BCUT2D eigenvalue weighted by Gasteiger charge is 2.31. The molecule has 1 fully saturated rings. The number of nitrogens with zero attached hydrogens (tertiary/aromatic N) is 3. The molecule has 2 aromatic carbocycles. The Bertz CT molecular complexity index is 986. The van der Waals surface area contributed by atoms with E-state index in [0.717, 1.165) is 22.1 Å². The predicted molar refractivity (Wildman–Crippen MR) is 120 cm³/mol. The van der Waals surface area contributed by atoms with Crippen molar-refractivity contribution in [2.75, 3.05) is 38.3 Å². The largest absolute Gasteiger partial charge is 0.495 e. The minimum absolute atomic E-state index is 0.0562. The highest BCUT2D eigenvalue weighted by Crippen LogP contribution is 2.38.